The Labute approximate surface area is 102 Å². The van der Waals surface area contributed by atoms with Crippen LogP contribution in [-0.4, -0.2) is 28.1 Å². The normalized spacial score (nSPS) is 19.4. The summed E-state index contributed by atoms with van der Waals surface area (Å²) < 4.78 is 5.28. The molecule has 0 aliphatic heterocycles. The van der Waals surface area contributed by atoms with Gasteiger partial charge in [0.25, 0.3) is 0 Å². The number of hydrogen-bond donors (Lipinski definition) is 1. The minimum atomic E-state index is -0.349. The number of rotatable bonds is 4. The van der Waals surface area contributed by atoms with E-state index in [1.165, 1.54) is 0 Å². The van der Waals surface area contributed by atoms with Gasteiger partial charge in [0.1, 0.15) is 0 Å². The molecular weight excluding hydrogens is 216 g/mol. The molecule has 0 amide bonds. The van der Waals surface area contributed by atoms with Crippen LogP contribution in [0.4, 0.5) is 0 Å². The number of nitrogens with zero attached hydrogens (tertiary/aromatic N) is 3. The Kier molecular flexibility index (Phi) is 3.49. The van der Waals surface area contributed by atoms with Crippen molar-refractivity contribution in [3.05, 3.63) is 11.7 Å². The zero-order chi connectivity index (χ0) is 12.5. The van der Waals surface area contributed by atoms with E-state index in [2.05, 4.69) is 28.9 Å². The van der Waals surface area contributed by atoms with Crippen molar-refractivity contribution in [2.75, 3.05) is 7.05 Å². The minimum absolute atomic E-state index is 0.349. The lowest BCUT2D eigenvalue weighted by molar-refractivity contribution is 0.225. The smallest absolute Gasteiger partial charge is 0.240 e. The van der Waals surface area contributed by atoms with Gasteiger partial charge in [0.2, 0.25) is 5.89 Å². The van der Waals surface area contributed by atoms with Crippen molar-refractivity contribution < 1.29 is 4.52 Å². The molecule has 17 heavy (non-hydrogen) atoms. The second-order valence-corrected chi connectivity index (χ2v) is 5.38. The molecular formula is C12H22N4O. The van der Waals surface area contributed by atoms with E-state index >= 15 is 0 Å². The minimum Gasteiger partial charge on any atom is -0.338 e. The molecule has 1 aliphatic carbocycles. The van der Waals surface area contributed by atoms with Crippen molar-refractivity contribution in [1.29, 1.82) is 0 Å². The largest absolute Gasteiger partial charge is 0.338 e. The molecule has 2 rings (SSSR count). The molecule has 0 spiro atoms. The highest BCUT2D eigenvalue weighted by molar-refractivity contribution is 5.06. The van der Waals surface area contributed by atoms with Crippen LogP contribution in [-0.2, 0) is 12.1 Å². The number of hydrogen-bond acceptors (Lipinski definition) is 5. The van der Waals surface area contributed by atoms with E-state index in [1.807, 2.05) is 7.05 Å². The molecule has 5 heteroatoms. The highest BCUT2D eigenvalue weighted by atomic mass is 16.5. The molecule has 0 bridgehead atoms. The zero-order valence-electron chi connectivity index (χ0n) is 10.9. The summed E-state index contributed by atoms with van der Waals surface area (Å²) in [7, 11) is 2.04. The van der Waals surface area contributed by atoms with Gasteiger partial charge in [0, 0.05) is 6.04 Å². The molecule has 0 aromatic carbocycles. The van der Waals surface area contributed by atoms with Gasteiger partial charge in [0.15, 0.2) is 5.82 Å². The quantitative estimate of drug-likeness (QED) is 0.863. The van der Waals surface area contributed by atoms with Gasteiger partial charge >= 0.3 is 0 Å². The lowest BCUT2D eigenvalue weighted by Gasteiger charge is -2.19. The maximum absolute atomic E-state index is 6.29. The molecule has 1 saturated carbocycles. The summed E-state index contributed by atoms with van der Waals surface area (Å²) in [5, 5.41) is 4.04. The van der Waals surface area contributed by atoms with Gasteiger partial charge in [-0.1, -0.05) is 18.0 Å². The highest BCUT2D eigenvalue weighted by Gasteiger charge is 2.35. The lowest BCUT2D eigenvalue weighted by Crippen LogP contribution is -2.34. The standard InChI is InChI=1S/C12H22N4O/c1-9(2)16(3)8-10-14-11(15-17-10)12(13)6-4-5-7-12/h9H,4-8,13H2,1-3H3. The van der Waals surface area contributed by atoms with Crippen molar-refractivity contribution in [2.24, 2.45) is 5.73 Å². The predicted octanol–water partition coefficient (Wildman–Crippen LogP) is 1.64. The van der Waals surface area contributed by atoms with Crippen LogP contribution in [0, 0.1) is 0 Å². The molecule has 5 nitrogen and oxygen atoms in total. The monoisotopic (exact) mass is 238 g/mol. The van der Waals surface area contributed by atoms with E-state index in [9.17, 15) is 0 Å². The maximum atomic E-state index is 6.29. The van der Waals surface area contributed by atoms with Crippen LogP contribution in [0.15, 0.2) is 4.52 Å². The van der Waals surface area contributed by atoms with Gasteiger partial charge in [-0.25, -0.2) is 0 Å². The molecule has 96 valence electrons. The van der Waals surface area contributed by atoms with Gasteiger partial charge in [-0.2, -0.15) is 4.98 Å². The van der Waals surface area contributed by atoms with Gasteiger partial charge in [-0.3, -0.25) is 4.90 Å². The third-order valence-electron chi connectivity index (χ3n) is 3.68. The second kappa shape index (κ2) is 4.74. The third kappa shape index (κ3) is 2.66. The molecule has 1 aliphatic rings. The van der Waals surface area contributed by atoms with E-state index in [-0.39, 0.29) is 5.54 Å². The number of nitrogens with two attached hydrogens (primary N) is 1. The van der Waals surface area contributed by atoms with E-state index in [1.54, 1.807) is 0 Å². The fraction of sp³-hybridized carbons (Fsp3) is 0.833. The average Bonchev–Trinajstić information content (AvgIpc) is 2.88. The Hall–Kier alpha value is -0.940. The lowest BCUT2D eigenvalue weighted by atomic mass is 9.99. The average molecular weight is 238 g/mol. The Balaban J connectivity index is 2.05. The van der Waals surface area contributed by atoms with Crippen LogP contribution in [0.1, 0.15) is 51.2 Å². The van der Waals surface area contributed by atoms with E-state index in [0.29, 0.717) is 24.3 Å². The molecule has 1 heterocycles. The zero-order valence-corrected chi connectivity index (χ0v) is 10.9. The molecule has 1 fully saturated rings. The molecule has 1 aromatic rings. The highest BCUT2D eigenvalue weighted by Crippen LogP contribution is 2.34. The first-order valence-electron chi connectivity index (χ1n) is 6.33. The molecule has 0 atom stereocenters. The van der Waals surface area contributed by atoms with Crippen LogP contribution in [0.3, 0.4) is 0 Å². The summed E-state index contributed by atoms with van der Waals surface area (Å²) in [6.07, 6.45) is 4.25. The summed E-state index contributed by atoms with van der Waals surface area (Å²) in [6, 6.07) is 0.462. The molecule has 0 saturated heterocycles. The Morgan fingerprint density at radius 2 is 2.06 bits per heavy atom. The molecule has 1 aromatic heterocycles. The molecule has 0 radical (unpaired) electrons. The fourth-order valence-electron chi connectivity index (χ4n) is 2.15. The number of aromatic nitrogens is 2. The summed E-state index contributed by atoms with van der Waals surface area (Å²) in [6.45, 7) is 4.96. The second-order valence-electron chi connectivity index (χ2n) is 5.38. The van der Waals surface area contributed by atoms with Crippen molar-refractivity contribution in [3.63, 3.8) is 0 Å². The van der Waals surface area contributed by atoms with E-state index in [4.69, 9.17) is 10.3 Å². The first-order valence-corrected chi connectivity index (χ1v) is 6.33. The first kappa shape index (κ1) is 12.5. The summed E-state index contributed by atoms with van der Waals surface area (Å²) >= 11 is 0. The summed E-state index contributed by atoms with van der Waals surface area (Å²) in [4.78, 5) is 6.60. The SMILES string of the molecule is CC(C)N(C)Cc1nc(C2(N)CCCC2)no1. The van der Waals surface area contributed by atoms with Crippen molar-refractivity contribution >= 4 is 0 Å². The third-order valence-corrected chi connectivity index (χ3v) is 3.68. The Morgan fingerprint density at radius 3 is 2.65 bits per heavy atom. The Morgan fingerprint density at radius 1 is 1.41 bits per heavy atom. The van der Waals surface area contributed by atoms with Gasteiger partial charge < -0.3 is 10.3 Å². The van der Waals surface area contributed by atoms with E-state index in [0.717, 1.165) is 25.7 Å². The first-order chi connectivity index (χ1) is 8.01. The van der Waals surface area contributed by atoms with Crippen LogP contribution >= 0.6 is 0 Å². The summed E-state index contributed by atoms with van der Waals surface area (Å²) in [5.74, 6) is 1.34. The van der Waals surface area contributed by atoms with Crippen LogP contribution < -0.4 is 5.73 Å². The van der Waals surface area contributed by atoms with E-state index < -0.39 is 0 Å². The summed E-state index contributed by atoms with van der Waals surface area (Å²) in [5.41, 5.74) is 5.94. The van der Waals surface area contributed by atoms with Crippen molar-refractivity contribution in [2.45, 2.75) is 57.7 Å². The van der Waals surface area contributed by atoms with Gasteiger partial charge in [0.05, 0.1) is 12.1 Å². The van der Waals surface area contributed by atoms with Crippen molar-refractivity contribution in [1.82, 2.24) is 15.0 Å². The van der Waals surface area contributed by atoms with Gasteiger partial charge in [-0.15, -0.1) is 0 Å². The van der Waals surface area contributed by atoms with Crippen molar-refractivity contribution in [3.8, 4) is 0 Å². The Bertz CT molecular complexity index is 368. The van der Waals surface area contributed by atoms with Crippen LogP contribution in [0.2, 0.25) is 0 Å². The fourth-order valence-corrected chi connectivity index (χ4v) is 2.15. The predicted molar refractivity (Wildman–Crippen MR) is 65.2 cm³/mol. The van der Waals surface area contributed by atoms with Gasteiger partial charge in [-0.05, 0) is 33.7 Å². The topological polar surface area (TPSA) is 68.2 Å². The molecule has 2 N–H and O–H groups in total. The molecule has 0 unspecified atom stereocenters. The van der Waals surface area contributed by atoms with Crippen LogP contribution in [0.5, 0.6) is 0 Å². The van der Waals surface area contributed by atoms with Crippen LogP contribution in [0.25, 0.3) is 0 Å². The maximum Gasteiger partial charge on any atom is 0.240 e.